The lowest BCUT2D eigenvalue weighted by Gasteiger charge is -2.10. The van der Waals surface area contributed by atoms with E-state index in [1.54, 1.807) is 41.3 Å². The highest BCUT2D eigenvalue weighted by Crippen LogP contribution is 2.17. The Morgan fingerprint density at radius 1 is 1.41 bits per heavy atom. The van der Waals surface area contributed by atoms with Crippen molar-refractivity contribution in [2.45, 2.75) is 5.92 Å². The van der Waals surface area contributed by atoms with Gasteiger partial charge < -0.3 is 10.8 Å². The Labute approximate surface area is 97.7 Å². The number of aliphatic carboxylic acids is 1. The van der Waals surface area contributed by atoms with Crippen LogP contribution in [0.25, 0.3) is 5.69 Å². The monoisotopic (exact) mass is 232 g/mol. The van der Waals surface area contributed by atoms with Gasteiger partial charge >= 0.3 is 5.97 Å². The first kappa shape index (κ1) is 11.3. The quantitative estimate of drug-likeness (QED) is 0.795. The van der Waals surface area contributed by atoms with Gasteiger partial charge in [0.25, 0.3) is 0 Å². The number of aromatic nitrogens is 3. The molecule has 1 aromatic carbocycles. The fourth-order valence-corrected chi connectivity index (χ4v) is 1.58. The third-order valence-corrected chi connectivity index (χ3v) is 2.52. The number of rotatable bonds is 4. The molecule has 0 fully saturated rings. The Hall–Kier alpha value is -2.21. The van der Waals surface area contributed by atoms with E-state index < -0.39 is 11.9 Å². The lowest BCUT2D eigenvalue weighted by Crippen LogP contribution is -2.21. The standard InChI is InChI=1S/C11H12N4O2/c12-7-10(11(16)17)8-1-3-9(4-2-8)15-6-5-13-14-15/h1-6,10H,7,12H2,(H,16,17). The molecule has 0 saturated heterocycles. The van der Waals surface area contributed by atoms with Gasteiger partial charge in [0.05, 0.1) is 24.0 Å². The van der Waals surface area contributed by atoms with Crippen LogP contribution in [0.3, 0.4) is 0 Å². The van der Waals surface area contributed by atoms with Crippen molar-refractivity contribution < 1.29 is 9.90 Å². The SMILES string of the molecule is NCC(C(=O)O)c1ccc(-n2ccnn2)cc1. The minimum atomic E-state index is -0.916. The fraction of sp³-hybridized carbons (Fsp3) is 0.182. The van der Waals surface area contributed by atoms with E-state index in [2.05, 4.69) is 10.3 Å². The van der Waals surface area contributed by atoms with Crippen molar-refractivity contribution in [2.75, 3.05) is 6.54 Å². The number of nitrogens with zero attached hydrogens (tertiary/aromatic N) is 3. The molecule has 0 amide bonds. The third kappa shape index (κ3) is 2.31. The zero-order valence-corrected chi connectivity index (χ0v) is 9.02. The molecule has 1 heterocycles. The van der Waals surface area contributed by atoms with E-state index >= 15 is 0 Å². The second kappa shape index (κ2) is 4.75. The summed E-state index contributed by atoms with van der Waals surface area (Å²) in [6, 6.07) is 7.05. The van der Waals surface area contributed by atoms with Crippen molar-refractivity contribution in [1.29, 1.82) is 0 Å². The van der Waals surface area contributed by atoms with Gasteiger partial charge in [-0.05, 0) is 17.7 Å². The molecule has 17 heavy (non-hydrogen) atoms. The number of carbonyl (C=O) groups is 1. The van der Waals surface area contributed by atoms with E-state index in [9.17, 15) is 4.79 Å². The normalized spacial score (nSPS) is 12.3. The zero-order chi connectivity index (χ0) is 12.3. The Morgan fingerprint density at radius 2 is 2.12 bits per heavy atom. The summed E-state index contributed by atoms with van der Waals surface area (Å²) in [5.41, 5.74) is 6.94. The van der Waals surface area contributed by atoms with Crippen LogP contribution in [0.4, 0.5) is 0 Å². The number of nitrogens with two attached hydrogens (primary N) is 1. The predicted octanol–water partition coefficient (Wildman–Crippen LogP) is 0.394. The van der Waals surface area contributed by atoms with E-state index in [0.29, 0.717) is 5.56 Å². The van der Waals surface area contributed by atoms with E-state index in [4.69, 9.17) is 10.8 Å². The van der Waals surface area contributed by atoms with Crippen LogP contribution in [0.15, 0.2) is 36.7 Å². The molecule has 0 aliphatic rings. The summed E-state index contributed by atoms with van der Waals surface area (Å²) < 4.78 is 1.60. The smallest absolute Gasteiger partial charge is 0.312 e. The third-order valence-electron chi connectivity index (χ3n) is 2.52. The van der Waals surface area contributed by atoms with Crippen LogP contribution in [0.1, 0.15) is 11.5 Å². The molecule has 6 nitrogen and oxygen atoms in total. The van der Waals surface area contributed by atoms with Crippen LogP contribution in [0.5, 0.6) is 0 Å². The summed E-state index contributed by atoms with van der Waals surface area (Å²) >= 11 is 0. The van der Waals surface area contributed by atoms with Crippen molar-refractivity contribution in [3.63, 3.8) is 0 Å². The highest BCUT2D eigenvalue weighted by molar-refractivity contribution is 5.76. The van der Waals surface area contributed by atoms with Gasteiger partial charge in [0.15, 0.2) is 0 Å². The molecule has 0 aliphatic heterocycles. The maximum atomic E-state index is 10.9. The van der Waals surface area contributed by atoms with Gasteiger partial charge in [-0.3, -0.25) is 4.79 Å². The van der Waals surface area contributed by atoms with Crippen molar-refractivity contribution in [2.24, 2.45) is 5.73 Å². The molecule has 0 radical (unpaired) electrons. The van der Waals surface area contributed by atoms with Crippen LogP contribution >= 0.6 is 0 Å². The number of carboxylic acid groups (broad SMARTS) is 1. The molecule has 6 heteroatoms. The van der Waals surface area contributed by atoms with Crippen molar-refractivity contribution in [3.05, 3.63) is 42.2 Å². The minimum absolute atomic E-state index is 0.0814. The fourth-order valence-electron chi connectivity index (χ4n) is 1.58. The minimum Gasteiger partial charge on any atom is -0.481 e. The molecule has 2 aromatic rings. The van der Waals surface area contributed by atoms with Crippen LogP contribution in [-0.2, 0) is 4.79 Å². The Kier molecular flexibility index (Phi) is 3.15. The molecular formula is C11H12N4O2. The molecule has 1 aromatic heterocycles. The summed E-state index contributed by atoms with van der Waals surface area (Å²) in [4.78, 5) is 10.9. The summed E-state index contributed by atoms with van der Waals surface area (Å²) in [7, 11) is 0. The molecular weight excluding hydrogens is 220 g/mol. The zero-order valence-electron chi connectivity index (χ0n) is 9.02. The van der Waals surface area contributed by atoms with E-state index in [1.165, 1.54) is 0 Å². The second-order valence-electron chi connectivity index (χ2n) is 3.57. The maximum Gasteiger partial charge on any atom is 0.312 e. The Balaban J connectivity index is 2.26. The summed E-state index contributed by atoms with van der Waals surface area (Å²) in [5, 5.41) is 16.5. The van der Waals surface area contributed by atoms with Crippen molar-refractivity contribution in [1.82, 2.24) is 15.0 Å². The largest absolute Gasteiger partial charge is 0.481 e. The molecule has 2 rings (SSSR count). The van der Waals surface area contributed by atoms with Gasteiger partial charge in [0.2, 0.25) is 0 Å². The Morgan fingerprint density at radius 3 is 2.59 bits per heavy atom. The van der Waals surface area contributed by atoms with Gasteiger partial charge in [-0.15, -0.1) is 5.10 Å². The number of hydrogen-bond acceptors (Lipinski definition) is 4. The first-order chi connectivity index (χ1) is 8.22. The topological polar surface area (TPSA) is 94.0 Å². The van der Waals surface area contributed by atoms with Crippen molar-refractivity contribution in [3.8, 4) is 5.69 Å². The lowest BCUT2D eigenvalue weighted by molar-refractivity contribution is -0.138. The van der Waals surface area contributed by atoms with Gasteiger partial charge in [-0.1, -0.05) is 17.3 Å². The highest BCUT2D eigenvalue weighted by atomic mass is 16.4. The molecule has 0 aliphatic carbocycles. The van der Waals surface area contributed by atoms with Gasteiger partial charge in [0.1, 0.15) is 0 Å². The van der Waals surface area contributed by atoms with Crippen LogP contribution in [0.2, 0.25) is 0 Å². The van der Waals surface area contributed by atoms with Crippen LogP contribution in [-0.4, -0.2) is 32.6 Å². The lowest BCUT2D eigenvalue weighted by atomic mass is 9.99. The first-order valence-electron chi connectivity index (χ1n) is 5.12. The van der Waals surface area contributed by atoms with Gasteiger partial charge in [-0.25, -0.2) is 4.68 Å². The number of hydrogen-bond donors (Lipinski definition) is 2. The summed E-state index contributed by atoms with van der Waals surface area (Å²) in [6.45, 7) is 0.0814. The predicted molar refractivity (Wildman–Crippen MR) is 60.8 cm³/mol. The molecule has 0 bridgehead atoms. The van der Waals surface area contributed by atoms with E-state index in [1.807, 2.05) is 0 Å². The summed E-state index contributed by atoms with van der Waals surface area (Å²) in [6.07, 6.45) is 3.29. The second-order valence-corrected chi connectivity index (χ2v) is 3.57. The maximum absolute atomic E-state index is 10.9. The van der Waals surface area contributed by atoms with Gasteiger partial charge in [0, 0.05) is 6.54 Å². The van der Waals surface area contributed by atoms with E-state index in [-0.39, 0.29) is 6.54 Å². The summed E-state index contributed by atoms with van der Waals surface area (Å²) in [5.74, 6) is -1.58. The van der Waals surface area contributed by atoms with Crippen molar-refractivity contribution >= 4 is 5.97 Å². The molecule has 1 unspecified atom stereocenters. The molecule has 0 saturated carbocycles. The highest BCUT2D eigenvalue weighted by Gasteiger charge is 2.17. The average molecular weight is 232 g/mol. The molecule has 0 spiro atoms. The molecule has 3 N–H and O–H groups in total. The average Bonchev–Trinajstić information content (AvgIpc) is 2.84. The Bertz CT molecular complexity index is 493. The van der Waals surface area contributed by atoms with Crippen LogP contribution < -0.4 is 5.73 Å². The number of carboxylic acids is 1. The van der Waals surface area contributed by atoms with E-state index in [0.717, 1.165) is 5.69 Å². The van der Waals surface area contributed by atoms with Crippen LogP contribution in [0, 0.1) is 0 Å². The first-order valence-corrected chi connectivity index (χ1v) is 5.12. The number of benzene rings is 1. The molecule has 88 valence electrons. The molecule has 1 atom stereocenters. The van der Waals surface area contributed by atoms with Gasteiger partial charge in [-0.2, -0.15) is 0 Å².